The van der Waals surface area contributed by atoms with Crippen molar-refractivity contribution in [1.29, 1.82) is 0 Å². The fourth-order valence-electron chi connectivity index (χ4n) is 3.36. The van der Waals surface area contributed by atoms with Gasteiger partial charge in [0.2, 0.25) is 0 Å². The van der Waals surface area contributed by atoms with Crippen molar-refractivity contribution in [1.82, 2.24) is 5.32 Å². The first-order valence-corrected chi connectivity index (χ1v) is 8.11. The normalized spacial score (nSPS) is 17.5. The van der Waals surface area contributed by atoms with Gasteiger partial charge in [-0.15, -0.1) is 0 Å². The second-order valence-corrected chi connectivity index (χ2v) is 5.97. The molecule has 2 aromatic carbocycles. The molecule has 0 saturated carbocycles. The van der Waals surface area contributed by atoms with Gasteiger partial charge in [0.15, 0.2) is 0 Å². The van der Waals surface area contributed by atoms with Gasteiger partial charge >= 0.3 is 0 Å². The monoisotopic (exact) mass is 291 g/mol. The SMILES string of the molecule is c1ccc2c(c1)CCN(c1ccccc1C1=NCCCN1)C2. The summed E-state index contributed by atoms with van der Waals surface area (Å²) in [5.41, 5.74) is 5.47. The first-order chi connectivity index (χ1) is 10.9. The van der Waals surface area contributed by atoms with E-state index in [-0.39, 0.29) is 0 Å². The van der Waals surface area contributed by atoms with Crippen LogP contribution in [-0.4, -0.2) is 25.5 Å². The van der Waals surface area contributed by atoms with Crippen molar-refractivity contribution in [3.63, 3.8) is 0 Å². The number of anilines is 1. The summed E-state index contributed by atoms with van der Waals surface area (Å²) in [7, 11) is 0. The molecule has 0 atom stereocenters. The van der Waals surface area contributed by atoms with Gasteiger partial charge in [-0.2, -0.15) is 0 Å². The third-order valence-corrected chi connectivity index (χ3v) is 4.53. The van der Waals surface area contributed by atoms with Crippen molar-refractivity contribution in [3.05, 3.63) is 65.2 Å². The van der Waals surface area contributed by atoms with E-state index in [0.717, 1.165) is 44.9 Å². The molecule has 0 saturated heterocycles. The first-order valence-electron chi connectivity index (χ1n) is 8.11. The Hall–Kier alpha value is -2.29. The van der Waals surface area contributed by atoms with E-state index in [1.54, 1.807) is 0 Å². The molecular weight excluding hydrogens is 270 g/mol. The minimum absolute atomic E-state index is 0.930. The highest BCUT2D eigenvalue weighted by molar-refractivity contribution is 6.04. The zero-order chi connectivity index (χ0) is 14.8. The number of para-hydroxylation sites is 1. The molecule has 3 nitrogen and oxygen atoms in total. The van der Waals surface area contributed by atoms with E-state index in [0.29, 0.717) is 0 Å². The molecule has 2 aliphatic heterocycles. The molecule has 1 N–H and O–H groups in total. The van der Waals surface area contributed by atoms with Gasteiger partial charge in [0, 0.05) is 37.4 Å². The Balaban J connectivity index is 1.68. The molecule has 0 fully saturated rings. The second-order valence-electron chi connectivity index (χ2n) is 5.97. The van der Waals surface area contributed by atoms with Gasteiger partial charge in [0.05, 0.1) is 0 Å². The summed E-state index contributed by atoms with van der Waals surface area (Å²) in [6.45, 7) is 4.01. The molecule has 0 amide bonds. The molecule has 0 bridgehead atoms. The van der Waals surface area contributed by atoms with E-state index < -0.39 is 0 Å². The highest BCUT2D eigenvalue weighted by atomic mass is 15.1. The van der Waals surface area contributed by atoms with Crippen LogP contribution in [-0.2, 0) is 13.0 Å². The van der Waals surface area contributed by atoms with Crippen LogP contribution in [0.4, 0.5) is 5.69 Å². The Morgan fingerprint density at radius 1 is 0.955 bits per heavy atom. The predicted octanol–water partition coefficient (Wildman–Crippen LogP) is 2.99. The van der Waals surface area contributed by atoms with E-state index in [9.17, 15) is 0 Å². The van der Waals surface area contributed by atoms with Gasteiger partial charge in [0.1, 0.15) is 5.84 Å². The lowest BCUT2D eigenvalue weighted by Crippen LogP contribution is -2.35. The fourth-order valence-corrected chi connectivity index (χ4v) is 3.36. The summed E-state index contributed by atoms with van der Waals surface area (Å²) in [5, 5.41) is 3.46. The summed E-state index contributed by atoms with van der Waals surface area (Å²) in [6.07, 6.45) is 2.24. The average molecular weight is 291 g/mol. The molecule has 0 aromatic heterocycles. The van der Waals surface area contributed by atoms with Gasteiger partial charge in [-0.3, -0.25) is 4.99 Å². The zero-order valence-electron chi connectivity index (χ0n) is 12.8. The number of fused-ring (bicyclic) bond motifs is 1. The highest BCUT2D eigenvalue weighted by Crippen LogP contribution is 2.27. The third-order valence-electron chi connectivity index (χ3n) is 4.53. The van der Waals surface area contributed by atoms with E-state index in [1.807, 2.05) is 0 Å². The number of nitrogens with zero attached hydrogens (tertiary/aromatic N) is 2. The summed E-state index contributed by atoms with van der Waals surface area (Å²) < 4.78 is 0. The van der Waals surface area contributed by atoms with E-state index >= 15 is 0 Å². The molecule has 4 rings (SSSR count). The number of hydrogen-bond donors (Lipinski definition) is 1. The largest absolute Gasteiger partial charge is 0.370 e. The molecule has 0 aliphatic carbocycles. The maximum absolute atomic E-state index is 4.68. The van der Waals surface area contributed by atoms with Crippen molar-refractivity contribution < 1.29 is 0 Å². The van der Waals surface area contributed by atoms with Crippen LogP contribution in [0.3, 0.4) is 0 Å². The van der Waals surface area contributed by atoms with Crippen molar-refractivity contribution in [2.75, 3.05) is 24.5 Å². The van der Waals surface area contributed by atoms with Crippen molar-refractivity contribution in [2.24, 2.45) is 4.99 Å². The smallest absolute Gasteiger partial charge is 0.130 e. The van der Waals surface area contributed by atoms with Crippen LogP contribution >= 0.6 is 0 Å². The number of hydrogen-bond acceptors (Lipinski definition) is 3. The number of amidine groups is 1. The minimum atomic E-state index is 0.930. The average Bonchev–Trinajstić information content (AvgIpc) is 2.62. The van der Waals surface area contributed by atoms with Crippen LogP contribution in [0, 0.1) is 0 Å². The maximum Gasteiger partial charge on any atom is 0.130 e. The molecule has 0 spiro atoms. The molecule has 3 heteroatoms. The van der Waals surface area contributed by atoms with E-state index in [2.05, 4.69) is 63.7 Å². The fraction of sp³-hybridized carbons (Fsp3) is 0.316. The highest BCUT2D eigenvalue weighted by Gasteiger charge is 2.20. The summed E-state index contributed by atoms with van der Waals surface area (Å²) in [4.78, 5) is 7.16. The zero-order valence-corrected chi connectivity index (χ0v) is 12.8. The molecule has 0 unspecified atom stereocenters. The van der Waals surface area contributed by atoms with Gasteiger partial charge in [-0.05, 0) is 36.1 Å². The lowest BCUT2D eigenvalue weighted by atomic mass is 9.98. The van der Waals surface area contributed by atoms with Crippen LogP contribution in [0.5, 0.6) is 0 Å². The predicted molar refractivity (Wildman–Crippen MR) is 91.7 cm³/mol. The van der Waals surface area contributed by atoms with Crippen molar-refractivity contribution in [3.8, 4) is 0 Å². The molecule has 22 heavy (non-hydrogen) atoms. The summed E-state index contributed by atoms with van der Waals surface area (Å²) >= 11 is 0. The molecule has 2 heterocycles. The van der Waals surface area contributed by atoms with Gasteiger partial charge in [0.25, 0.3) is 0 Å². The molecule has 2 aliphatic rings. The van der Waals surface area contributed by atoms with Gasteiger partial charge in [-0.1, -0.05) is 36.4 Å². The molecule has 2 aromatic rings. The van der Waals surface area contributed by atoms with E-state index in [4.69, 9.17) is 0 Å². The Bertz CT molecular complexity index is 705. The van der Waals surface area contributed by atoms with Crippen LogP contribution < -0.4 is 10.2 Å². The molecule has 0 radical (unpaired) electrons. The van der Waals surface area contributed by atoms with Crippen LogP contribution in [0.25, 0.3) is 0 Å². The lowest BCUT2D eigenvalue weighted by Gasteiger charge is -2.32. The minimum Gasteiger partial charge on any atom is -0.370 e. The Morgan fingerprint density at radius 2 is 1.77 bits per heavy atom. The quantitative estimate of drug-likeness (QED) is 0.921. The number of benzene rings is 2. The number of nitrogens with one attached hydrogen (secondary N) is 1. The Labute approximate surface area is 131 Å². The first kappa shape index (κ1) is 13.4. The Morgan fingerprint density at radius 3 is 2.64 bits per heavy atom. The Kier molecular flexibility index (Phi) is 3.55. The number of aliphatic imine (C=N–C) groups is 1. The maximum atomic E-state index is 4.68. The third kappa shape index (κ3) is 2.47. The topological polar surface area (TPSA) is 27.6 Å². The number of rotatable bonds is 2. The van der Waals surface area contributed by atoms with Crippen LogP contribution in [0.1, 0.15) is 23.1 Å². The van der Waals surface area contributed by atoms with Crippen molar-refractivity contribution >= 4 is 11.5 Å². The van der Waals surface area contributed by atoms with Crippen molar-refractivity contribution in [2.45, 2.75) is 19.4 Å². The molecule has 112 valence electrons. The second kappa shape index (κ2) is 5.84. The summed E-state index contributed by atoms with van der Waals surface area (Å²) in [5.74, 6) is 1.06. The van der Waals surface area contributed by atoms with E-state index in [1.165, 1.54) is 22.4 Å². The molecular formula is C19H21N3. The standard InChI is InChI=1S/C19H21N3/c1-2-7-16-14-22(13-10-15(16)6-1)18-9-4-3-8-17(18)19-20-11-5-12-21-19/h1-4,6-9H,5,10-14H2,(H,20,21). The summed E-state index contributed by atoms with van der Waals surface area (Å²) in [6, 6.07) is 17.4. The van der Waals surface area contributed by atoms with Gasteiger partial charge < -0.3 is 10.2 Å². The van der Waals surface area contributed by atoms with Crippen LogP contribution in [0.2, 0.25) is 0 Å². The van der Waals surface area contributed by atoms with Crippen LogP contribution in [0.15, 0.2) is 53.5 Å². The van der Waals surface area contributed by atoms with Gasteiger partial charge in [-0.25, -0.2) is 0 Å². The lowest BCUT2D eigenvalue weighted by molar-refractivity contribution is 0.725.